The van der Waals surface area contributed by atoms with Crippen LogP contribution in [0.1, 0.15) is 58.4 Å². The van der Waals surface area contributed by atoms with Gasteiger partial charge in [0.05, 0.1) is 0 Å². The van der Waals surface area contributed by atoms with Crippen LogP contribution in [0.2, 0.25) is 0 Å². The number of nitrogens with one attached hydrogen (secondary N) is 1. The molecule has 1 aliphatic heterocycles. The zero-order valence-corrected chi connectivity index (χ0v) is 14.0. The molecule has 1 heterocycles. The lowest BCUT2D eigenvalue weighted by molar-refractivity contribution is 0.252. The smallest absolute Gasteiger partial charge is 0.0413 e. The number of rotatable bonds is 4. The number of para-hydroxylation sites is 1. The van der Waals surface area contributed by atoms with E-state index in [1.807, 2.05) is 0 Å². The largest absolute Gasteiger partial charge is 0.365 e. The van der Waals surface area contributed by atoms with Crippen molar-refractivity contribution in [3.8, 4) is 0 Å². The highest BCUT2D eigenvalue weighted by atomic mass is 15.3. The molecule has 2 fully saturated rings. The molecular formula is C19H30N2. The first-order valence-electron chi connectivity index (χ1n) is 8.65. The van der Waals surface area contributed by atoms with Gasteiger partial charge in [0, 0.05) is 30.4 Å². The van der Waals surface area contributed by atoms with E-state index in [1.54, 1.807) is 0 Å². The number of hydrogen-bond acceptors (Lipinski definition) is 2. The Balaban J connectivity index is 1.93. The van der Waals surface area contributed by atoms with Crippen molar-refractivity contribution in [3.05, 3.63) is 29.8 Å². The molecule has 0 aromatic heterocycles. The molecular weight excluding hydrogens is 256 g/mol. The maximum Gasteiger partial charge on any atom is 0.0413 e. The number of anilines is 1. The molecule has 1 N–H and O–H groups in total. The molecule has 0 spiro atoms. The van der Waals surface area contributed by atoms with Crippen molar-refractivity contribution in [1.29, 1.82) is 0 Å². The number of benzene rings is 1. The zero-order valence-electron chi connectivity index (χ0n) is 14.0. The van der Waals surface area contributed by atoms with Crippen molar-refractivity contribution in [1.82, 2.24) is 5.32 Å². The second kappa shape index (κ2) is 5.64. The van der Waals surface area contributed by atoms with Crippen LogP contribution in [0.3, 0.4) is 0 Å². The molecule has 2 heteroatoms. The standard InChI is InChI=1S/C19H30N2/c1-5-16-12-20-19(4,15-10-11-15)13-21(16)18-9-7-6-8-17(18)14(2)3/h6-9,14-16,20H,5,10-13H2,1-4H3. The van der Waals surface area contributed by atoms with Crippen LogP contribution in [-0.4, -0.2) is 24.7 Å². The minimum absolute atomic E-state index is 0.301. The second-order valence-electron chi connectivity index (χ2n) is 7.48. The van der Waals surface area contributed by atoms with Gasteiger partial charge in [-0.1, -0.05) is 39.0 Å². The van der Waals surface area contributed by atoms with Gasteiger partial charge < -0.3 is 10.2 Å². The molecule has 3 rings (SSSR count). The van der Waals surface area contributed by atoms with E-state index in [-0.39, 0.29) is 0 Å². The van der Waals surface area contributed by atoms with Crippen molar-refractivity contribution in [2.75, 3.05) is 18.0 Å². The van der Waals surface area contributed by atoms with Crippen LogP contribution < -0.4 is 10.2 Å². The number of nitrogens with zero attached hydrogens (tertiary/aromatic N) is 1. The first-order chi connectivity index (χ1) is 10.0. The summed E-state index contributed by atoms with van der Waals surface area (Å²) in [6.45, 7) is 11.6. The van der Waals surface area contributed by atoms with E-state index in [9.17, 15) is 0 Å². The molecule has 116 valence electrons. The fraction of sp³-hybridized carbons (Fsp3) is 0.684. The van der Waals surface area contributed by atoms with Crippen LogP contribution in [0.15, 0.2) is 24.3 Å². The van der Waals surface area contributed by atoms with E-state index in [4.69, 9.17) is 0 Å². The average Bonchev–Trinajstić information content (AvgIpc) is 3.32. The van der Waals surface area contributed by atoms with Gasteiger partial charge in [0.25, 0.3) is 0 Å². The van der Waals surface area contributed by atoms with E-state index in [1.165, 1.54) is 30.5 Å². The van der Waals surface area contributed by atoms with Gasteiger partial charge in [-0.25, -0.2) is 0 Å². The quantitative estimate of drug-likeness (QED) is 0.894. The Bertz CT molecular complexity index is 492. The van der Waals surface area contributed by atoms with Crippen LogP contribution in [0, 0.1) is 5.92 Å². The molecule has 1 aromatic carbocycles. The molecule has 0 radical (unpaired) electrons. The van der Waals surface area contributed by atoms with Crippen LogP contribution in [-0.2, 0) is 0 Å². The van der Waals surface area contributed by atoms with E-state index < -0.39 is 0 Å². The van der Waals surface area contributed by atoms with Gasteiger partial charge in [0.2, 0.25) is 0 Å². The molecule has 1 saturated carbocycles. The van der Waals surface area contributed by atoms with Gasteiger partial charge in [0.1, 0.15) is 0 Å². The summed E-state index contributed by atoms with van der Waals surface area (Å²) in [5.41, 5.74) is 3.26. The summed E-state index contributed by atoms with van der Waals surface area (Å²) < 4.78 is 0. The van der Waals surface area contributed by atoms with Gasteiger partial charge in [-0.15, -0.1) is 0 Å². The van der Waals surface area contributed by atoms with Gasteiger partial charge >= 0.3 is 0 Å². The summed E-state index contributed by atoms with van der Waals surface area (Å²) in [6.07, 6.45) is 4.01. The predicted octanol–water partition coefficient (Wildman–Crippen LogP) is 4.17. The lowest BCUT2D eigenvalue weighted by Crippen LogP contribution is -2.64. The first-order valence-corrected chi connectivity index (χ1v) is 8.65. The molecule has 1 aromatic rings. The Morgan fingerprint density at radius 1 is 1.29 bits per heavy atom. The summed E-state index contributed by atoms with van der Waals surface area (Å²) >= 11 is 0. The van der Waals surface area contributed by atoms with E-state index in [0.29, 0.717) is 17.5 Å². The molecule has 1 aliphatic carbocycles. The molecule has 0 amide bonds. The fourth-order valence-corrected chi connectivity index (χ4v) is 3.88. The van der Waals surface area contributed by atoms with E-state index in [2.05, 4.69) is 62.2 Å². The Morgan fingerprint density at radius 2 is 2.00 bits per heavy atom. The van der Waals surface area contributed by atoms with Gasteiger partial charge in [-0.3, -0.25) is 0 Å². The van der Waals surface area contributed by atoms with E-state index in [0.717, 1.165) is 19.0 Å². The third kappa shape index (κ3) is 2.83. The van der Waals surface area contributed by atoms with Gasteiger partial charge in [-0.2, -0.15) is 0 Å². The van der Waals surface area contributed by atoms with Crippen molar-refractivity contribution in [3.63, 3.8) is 0 Å². The molecule has 2 unspecified atom stereocenters. The third-order valence-corrected chi connectivity index (χ3v) is 5.50. The second-order valence-corrected chi connectivity index (χ2v) is 7.48. The molecule has 0 bridgehead atoms. The monoisotopic (exact) mass is 286 g/mol. The van der Waals surface area contributed by atoms with E-state index >= 15 is 0 Å². The minimum Gasteiger partial charge on any atom is -0.365 e. The lowest BCUT2D eigenvalue weighted by Gasteiger charge is -2.48. The molecule has 2 atom stereocenters. The predicted molar refractivity (Wildman–Crippen MR) is 91.1 cm³/mol. The topological polar surface area (TPSA) is 15.3 Å². The lowest BCUT2D eigenvalue weighted by atomic mass is 9.88. The highest BCUT2D eigenvalue weighted by Crippen LogP contribution is 2.43. The summed E-state index contributed by atoms with van der Waals surface area (Å²) in [5.74, 6) is 1.46. The van der Waals surface area contributed by atoms with Crippen molar-refractivity contribution in [2.24, 2.45) is 5.92 Å². The summed E-state index contributed by atoms with van der Waals surface area (Å²) in [4.78, 5) is 2.70. The highest BCUT2D eigenvalue weighted by molar-refractivity contribution is 5.56. The van der Waals surface area contributed by atoms with Crippen molar-refractivity contribution >= 4 is 5.69 Å². The van der Waals surface area contributed by atoms with Crippen LogP contribution >= 0.6 is 0 Å². The zero-order chi connectivity index (χ0) is 15.0. The SMILES string of the molecule is CCC1CNC(C)(C2CC2)CN1c1ccccc1C(C)C. The van der Waals surface area contributed by atoms with Gasteiger partial charge in [-0.05, 0) is 49.7 Å². The molecule has 2 nitrogen and oxygen atoms in total. The molecule has 1 saturated heterocycles. The normalized spacial score (nSPS) is 30.0. The first kappa shape index (κ1) is 14.9. The Morgan fingerprint density at radius 3 is 2.62 bits per heavy atom. The highest BCUT2D eigenvalue weighted by Gasteiger charge is 2.46. The third-order valence-electron chi connectivity index (χ3n) is 5.50. The fourth-order valence-electron chi connectivity index (χ4n) is 3.88. The Kier molecular flexibility index (Phi) is 4.00. The Hall–Kier alpha value is -1.02. The van der Waals surface area contributed by atoms with Crippen LogP contribution in [0.4, 0.5) is 5.69 Å². The Labute approximate surface area is 129 Å². The minimum atomic E-state index is 0.301. The number of hydrogen-bond donors (Lipinski definition) is 1. The summed E-state index contributed by atoms with van der Waals surface area (Å²) in [5, 5.41) is 3.87. The summed E-state index contributed by atoms with van der Waals surface area (Å²) in [7, 11) is 0. The molecule has 2 aliphatic rings. The molecule has 21 heavy (non-hydrogen) atoms. The summed E-state index contributed by atoms with van der Waals surface area (Å²) in [6, 6.07) is 9.64. The van der Waals surface area contributed by atoms with Crippen LogP contribution in [0.25, 0.3) is 0 Å². The van der Waals surface area contributed by atoms with Crippen molar-refractivity contribution < 1.29 is 0 Å². The number of piperazine rings is 1. The van der Waals surface area contributed by atoms with Crippen molar-refractivity contribution in [2.45, 2.75) is 64.5 Å². The average molecular weight is 286 g/mol. The maximum atomic E-state index is 3.87. The van der Waals surface area contributed by atoms with Gasteiger partial charge in [0.15, 0.2) is 0 Å². The van der Waals surface area contributed by atoms with Crippen LogP contribution in [0.5, 0.6) is 0 Å². The maximum absolute atomic E-state index is 3.87.